The maximum Gasteiger partial charge on any atom is 0.221 e. The number of nitrogens with two attached hydrogens (primary N) is 1. The van der Waals surface area contributed by atoms with E-state index in [1.54, 1.807) is 0 Å². The van der Waals surface area contributed by atoms with E-state index in [-0.39, 0.29) is 5.91 Å². The van der Waals surface area contributed by atoms with Gasteiger partial charge >= 0.3 is 0 Å². The number of hydrogen-bond donors (Lipinski definition) is 2. The molecule has 0 radical (unpaired) electrons. The van der Waals surface area contributed by atoms with Crippen LogP contribution < -0.4 is 11.1 Å². The van der Waals surface area contributed by atoms with Crippen molar-refractivity contribution in [1.82, 2.24) is 4.90 Å². The average molecular weight is 259 g/mol. The molecule has 2 unspecified atom stereocenters. The summed E-state index contributed by atoms with van der Waals surface area (Å²) in [6, 6.07) is 9.35. The van der Waals surface area contributed by atoms with Crippen LogP contribution in [0.15, 0.2) is 24.3 Å². The molecule has 3 rings (SSSR count). The van der Waals surface area contributed by atoms with Gasteiger partial charge in [0.1, 0.15) is 0 Å². The van der Waals surface area contributed by atoms with Crippen LogP contribution in [0.4, 0.5) is 5.69 Å². The first kappa shape index (κ1) is 12.5. The molecule has 1 aromatic carbocycles. The molecule has 1 amide bonds. The Bertz CT molecular complexity index is 457. The molecule has 4 nitrogen and oxygen atoms in total. The monoisotopic (exact) mass is 259 g/mol. The molecule has 2 saturated heterocycles. The number of primary amides is 1. The highest BCUT2D eigenvalue weighted by atomic mass is 16.1. The predicted molar refractivity (Wildman–Crippen MR) is 76.0 cm³/mol. The first-order chi connectivity index (χ1) is 9.22. The smallest absolute Gasteiger partial charge is 0.221 e. The third-order valence-electron chi connectivity index (χ3n) is 4.29. The molecular weight excluding hydrogens is 238 g/mol. The minimum Gasteiger partial charge on any atom is -0.381 e. The quantitative estimate of drug-likeness (QED) is 0.858. The molecule has 4 heteroatoms. The molecule has 2 heterocycles. The number of benzene rings is 1. The first-order valence-corrected chi connectivity index (χ1v) is 7.10. The van der Waals surface area contributed by atoms with Crippen LogP contribution in [-0.2, 0) is 11.2 Å². The molecule has 0 bridgehead atoms. The molecule has 102 valence electrons. The number of carbonyl (C=O) groups is 1. The maximum absolute atomic E-state index is 10.9. The minimum absolute atomic E-state index is 0.280. The summed E-state index contributed by atoms with van der Waals surface area (Å²) >= 11 is 0. The highest BCUT2D eigenvalue weighted by molar-refractivity contribution is 5.76. The van der Waals surface area contributed by atoms with Gasteiger partial charge in [-0.2, -0.15) is 0 Å². The highest BCUT2D eigenvalue weighted by Crippen LogP contribution is 2.30. The van der Waals surface area contributed by atoms with Gasteiger partial charge in [0.05, 0.1) is 6.42 Å². The Morgan fingerprint density at radius 3 is 2.79 bits per heavy atom. The van der Waals surface area contributed by atoms with Gasteiger partial charge in [-0.25, -0.2) is 0 Å². The molecule has 2 aliphatic rings. The summed E-state index contributed by atoms with van der Waals surface area (Å²) in [6.45, 7) is 2.49. The number of carbonyl (C=O) groups excluding carboxylic acids is 1. The summed E-state index contributed by atoms with van der Waals surface area (Å²) < 4.78 is 0. The van der Waals surface area contributed by atoms with Gasteiger partial charge in [0.25, 0.3) is 0 Å². The zero-order valence-corrected chi connectivity index (χ0v) is 11.1. The molecule has 3 N–H and O–H groups in total. The van der Waals surface area contributed by atoms with E-state index >= 15 is 0 Å². The van der Waals surface area contributed by atoms with E-state index in [0.29, 0.717) is 18.5 Å². The van der Waals surface area contributed by atoms with Crippen molar-refractivity contribution >= 4 is 11.6 Å². The van der Waals surface area contributed by atoms with E-state index in [9.17, 15) is 4.79 Å². The van der Waals surface area contributed by atoms with Crippen molar-refractivity contribution in [3.63, 3.8) is 0 Å². The van der Waals surface area contributed by atoms with Crippen molar-refractivity contribution in [2.45, 2.75) is 37.8 Å². The van der Waals surface area contributed by atoms with Gasteiger partial charge < -0.3 is 11.1 Å². The number of hydrogen-bond acceptors (Lipinski definition) is 3. The fourth-order valence-electron chi connectivity index (χ4n) is 3.38. The predicted octanol–water partition coefficient (Wildman–Crippen LogP) is 1.36. The minimum atomic E-state index is -0.280. The van der Waals surface area contributed by atoms with Crippen molar-refractivity contribution in [3.8, 4) is 0 Å². The fourth-order valence-corrected chi connectivity index (χ4v) is 3.38. The lowest BCUT2D eigenvalue weighted by atomic mass is 10.1. The van der Waals surface area contributed by atoms with Gasteiger partial charge in [0, 0.05) is 24.3 Å². The Kier molecular flexibility index (Phi) is 3.42. The molecule has 0 aliphatic carbocycles. The largest absolute Gasteiger partial charge is 0.381 e. The Hall–Kier alpha value is -1.55. The molecule has 0 aromatic heterocycles. The number of amides is 1. The SMILES string of the molecule is NC(=O)Cc1ccc(NC2CCN3CCCC23)cc1. The summed E-state index contributed by atoms with van der Waals surface area (Å²) in [5.74, 6) is -0.280. The summed E-state index contributed by atoms with van der Waals surface area (Å²) in [7, 11) is 0. The van der Waals surface area contributed by atoms with Gasteiger partial charge in [-0.3, -0.25) is 9.69 Å². The molecule has 2 fully saturated rings. The Morgan fingerprint density at radius 2 is 2.05 bits per heavy atom. The number of nitrogens with zero attached hydrogens (tertiary/aromatic N) is 1. The van der Waals surface area contributed by atoms with Crippen molar-refractivity contribution in [2.75, 3.05) is 18.4 Å². The molecule has 0 saturated carbocycles. The van der Waals surface area contributed by atoms with Crippen LogP contribution in [0.2, 0.25) is 0 Å². The zero-order chi connectivity index (χ0) is 13.2. The summed E-state index contributed by atoms with van der Waals surface area (Å²) in [5, 5.41) is 3.63. The standard InChI is InChI=1S/C15H21N3O/c16-15(19)10-11-3-5-12(6-4-11)17-13-7-9-18-8-1-2-14(13)18/h3-6,13-14,17H,1-2,7-10H2,(H2,16,19). The van der Waals surface area contributed by atoms with Crippen molar-refractivity contribution < 1.29 is 4.79 Å². The summed E-state index contributed by atoms with van der Waals surface area (Å²) in [5.41, 5.74) is 7.32. The van der Waals surface area contributed by atoms with E-state index in [4.69, 9.17) is 5.73 Å². The third-order valence-corrected chi connectivity index (χ3v) is 4.29. The van der Waals surface area contributed by atoms with Crippen LogP contribution >= 0.6 is 0 Å². The van der Waals surface area contributed by atoms with Crippen molar-refractivity contribution in [1.29, 1.82) is 0 Å². The van der Waals surface area contributed by atoms with E-state index < -0.39 is 0 Å². The summed E-state index contributed by atoms with van der Waals surface area (Å²) in [6.07, 6.45) is 4.20. The second-order valence-corrected chi connectivity index (χ2v) is 5.63. The Morgan fingerprint density at radius 1 is 1.26 bits per heavy atom. The Balaban J connectivity index is 1.62. The molecule has 2 atom stereocenters. The van der Waals surface area contributed by atoms with Gasteiger partial charge in [-0.05, 0) is 43.5 Å². The zero-order valence-electron chi connectivity index (χ0n) is 11.1. The first-order valence-electron chi connectivity index (χ1n) is 7.10. The number of rotatable bonds is 4. The van der Waals surface area contributed by atoms with E-state index in [1.807, 2.05) is 12.1 Å². The Labute approximate surface area is 114 Å². The second-order valence-electron chi connectivity index (χ2n) is 5.63. The van der Waals surface area contributed by atoms with E-state index in [1.165, 1.54) is 32.4 Å². The van der Waals surface area contributed by atoms with Crippen LogP contribution in [-0.4, -0.2) is 36.0 Å². The lowest BCUT2D eigenvalue weighted by Crippen LogP contribution is -2.33. The van der Waals surface area contributed by atoms with Gasteiger partial charge in [-0.1, -0.05) is 12.1 Å². The maximum atomic E-state index is 10.9. The van der Waals surface area contributed by atoms with Crippen molar-refractivity contribution in [3.05, 3.63) is 29.8 Å². The van der Waals surface area contributed by atoms with E-state index in [2.05, 4.69) is 22.3 Å². The lowest BCUT2D eigenvalue weighted by molar-refractivity contribution is -0.117. The van der Waals surface area contributed by atoms with Crippen LogP contribution in [0.1, 0.15) is 24.8 Å². The molecule has 2 aliphatic heterocycles. The highest BCUT2D eigenvalue weighted by Gasteiger charge is 2.36. The molecule has 0 spiro atoms. The van der Waals surface area contributed by atoms with E-state index in [0.717, 1.165) is 11.3 Å². The third kappa shape index (κ3) is 2.73. The fraction of sp³-hybridized carbons (Fsp3) is 0.533. The van der Waals surface area contributed by atoms with Gasteiger partial charge in [0.2, 0.25) is 5.91 Å². The average Bonchev–Trinajstić information content (AvgIpc) is 2.96. The molecular formula is C15H21N3O. The molecule has 19 heavy (non-hydrogen) atoms. The molecule has 1 aromatic rings. The van der Waals surface area contributed by atoms with Crippen LogP contribution in [0, 0.1) is 0 Å². The number of fused-ring (bicyclic) bond motifs is 1. The van der Waals surface area contributed by atoms with Crippen LogP contribution in [0.3, 0.4) is 0 Å². The summed E-state index contributed by atoms with van der Waals surface area (Å²) in [4.78, 5) is 13.5. The van der Waals surface area contributed by atoms with Crippen LogP contribution in [0.25, 0.3) is 0 Å². The number of nitrogens with one attached hydrogen (secondary N) is 1. The number of anilines is 1. The van der Waals surface area contributed by atoms with Crippen molar-refractivity contribution in [2.24, 2.45) is 5.73 Å². The lowest BCUT2D eigenvalue weighted by Gasteiger charge is -2.22. The van der Waals surface area contributed by atoms with Gasteiger partial charge in [-0.15, -0.1) is 0 Å². The van der Waals surface area contributed by atoms with Crippen LogP contribution in [0.5, 0.6) is 0 Å². The normalized spacial score (nSPS) is 26.3. The van der Waals surface area contributed by atoms with Gasteiger partial charge in [0.15, 0.2) is 0 Å². The second kappa shape index (κ2) is 5.21. The topological polar surface area (TPSA) is 58.4 Å².